The molecule has 1 atom stereocenters. The summed E-state index contributed by atoms with van der Waals surface area (Å²) in [7, 11) is 0. The number of carbonyl (C=O) groups is 1. The van der Waals surface area contributed by atoms with Gasteiger partial charge in [-0.1, -0.05) is 18.2 Å². The van der Waals surface area contributed by atoms with Crippen LogP contribution in [0.25, 0.3) is 0 Å². The van der Waals surface area contributed by atoms with E-state index in [2.05, 4.69) is 5.32 Å². The number of urea groups is 1. The van der Waals surface area contributed by atoms with E-state index in [0.29, 0.717) is 0 Å². The van der Waals surface area contributed by atoms with Crippen molar-refractivity contribution in [1.29, 1.82) is 0 Å². The predicted octanol–water partition coefficient (Wildman–Crippen LogP) is 2.33. The molecule has 0 aliphatic carbocycles. The Labute approximate surface area is 119 Å². The van der Waals surface area contributed by atoms with Crippen LogP contribution in [0.4, 0.5) is 22.4 Å². The number of nitrogens with one attached hydrogen (secondary N) is 2. The fourth-order valence-corrected chi connectivity index (χ4v) is 1.63. The Kier molecular flexibility index (Phi) is 5.16. The maximum Gasteiger partial charge on any atom is 0.416 e. The minimum Gasteiger partial charge on any atom is -0.382 e. The van der Waals surface area contributed by atoms with Crippen LogP contribution in [0.15, 0.2) is 24.3 Å². The summed E-state index contributed by atoms with van der Waals surface area (Å²) < 4.78 is 50.6. The molecule has 1 aromatic carbocycles. The first-order chi connectivity index (χ1) is 9.54. The SMILES string of the molecule is CC(C)(NC(=O)NCc1ccccc1F)C(O)C(F)(F)F. The number of aliphatic hydroxyl groups is 1. The zero-order chi connectivity index (χ0) is 16.3. The number of amides is 2. The van der Waals surface area contributed by atoms with E-state index in [1.54, 1.807) is 6.07 Å². The Morgan fingerprint density at radius 3 is 2.38 bits per heavy atom. The molecule has 0 fully saturated rings. The van der Waals surface area contributed by atoms with E-state index in [1.165, 1.54) is 18.2 Å². The maximum atomic E-state index is 13.3. The average Bonchev–Trinajstić information content (AvgIpc) is 2.35. The monoisotopic (exact) mass is 308 g/mol. The van der Waals surface area contributed by atoms with Gasteiger partial charge in [0.2, 0.25) is 0 Å². The molecule has 3 N–H and O–H groups in total. The van der Waals surface area contributed by atoms with Gasteiger partial charge >= 0.3 is 12.2 Å². The van der Waals surface area contributed by atoms with Crippen LogP contribution in [0.5, 0.6) is 0 Å². The molecule has 21 heavy (non-hydrogen) atoms. The number of hydrogen-bond acceptors (Lipinski definition) is 2. The van der Waals surface area contributed by atoms with Gasteiger partial charge in [0, 0.05) is 12.1 Å². The van der Waals surface area contributed by atoms with Crippen molar-refractivity contribution in [2.24, 2.45) is 0 Å². The van der Waals surface area contributed by atoms with Gasteiger partial charge in [0.25, 0.3) is 0 Å². The minimum atomic E-state index is -4.86. The molecule has 118 valence electrons. The standard InChI is InChI=1S/C13H16F4N2O2/c1-12(2,10(20)13(15,16)17)19-11(21)18-7-8-5-3-4-6-9(8)14/h3-6,10,20H,7H2,1-2H3,(H2,18,19,21). The lowest BCUT2D eigenvalue weighted by atomic mass is 9.97. The van der Waals surface area contributed by atoms with Gasteiger partial charge in [0.15, 0.2) is 6.10 Å². The zero-order valence-electron chi connectivity index (χ0n) is 11.5. The third kappa shape index (κ3) is 4.89. The van der Waals surface area contributed by atoms with Gasteiger partial charge in [-0.05, 0) is 19.9 Å². The van der Waals surface area contributed by atoms with Gasteiger partial charge in [-0.3, -0.25) is 0 Å². The fraction of sp³-hybridized carbons (Fsp3) is 0.462. The van der Waals surface area contributed by atoms with Gasteiger partial charge in [-0.15, -0.1) is 0 Å². The average molecular weight is 308 g/mol. The third-order valence-electron chi connectivity index (χ3n) is 2.83. The molecule has 2 amide bonds. The molecule has 0 spiro atoms. The Hall–Kier alpha value is -1.83. The third-order valence-corrected chi connectivity index (χ3v) is 2.83. The van der Waals surface area contributed by atoms with Crippen molar-refractivity contribution >= 4 is 6.03 Å². The first-order valence-corrected chi connectivity index (χ1v) is 6.08. The highest BCUT2D eigenvalue weighted by atomic mass is 19.4. The van der Waals surface area contributed by atoms with Gasteiger partial charge in [-0.25, -0.2) is 9.18 Å². The largest absolute Gasteiger partial charge is 0.416 e. The topological polar surface area (TPSA) is 61.4 Å². The second kappa shape index (κ2) is 6.30. The molecular formula is C13H16F4N2O2. The number of hydrogen-bond donors (Lipinski definition) is 3. The van der Waals surface area contributed by atoms with E-state index in [4.69, 9.17) is 5.11 Å². The molecule has 4 nitrogen and oxygen atoms in total. The molecular weight excluding hydrogens is 292 g/mol. The van der Waals surface area contributed by atoms with Crippen molar-refractivity contribution in [2.45, 2.75) is 38.2 Å². The van der Waals surface area contributed by atoms with Crippen LogP contribution in [0.3, 0.4) is 0 Å². The number of halogens is 4. The number of rotatable bonds is 4. The molecule has 1 aromatic rings. The zero-order valence-corrected chi connectivity index (χ0v) is 11.5. The summed E-state index contributed by atoms with van der Waals surface area (Å²) in [5.74, 6) is -0.535. The molecule has 1 rings (SSSR count). The van der Waals surface area contributed by atoms with E-state index in [0.717, 1.165) is 13.8 Å². The highest BCUT2D eigenvalue weighted by Crippen LogP contribution is 2.27. The number of aliphatic hydroxyl groups excluding tert-OH is 1. The second-order valence-electron chi connectivity index (χ2n) is 5.06. The van der Waals surface area contributed by atoms with Crippen molar-refractivity contribution < 1.29 is 27.5 Å². The molecule has 8 heteroatoms. The molecule has 0 saturated heterocycles. The van der Waals surface area contributed by atoms with Crippen LogP contribution >= 0.6 is 0 Å². The summed E-state index contributed by atoms with van der Waals surface area (Å²) in [4.78, 5) is 11.6. The summed E-state index contributed by atoms with van der Waals surface area (Å²) in [5.41, 5.74) is -1.72. The molecule has 0 bridgehead atoms. The summed E-state index contributed by atoms with van der Waals surface area (Å²) in [6, 6.07) is 4.74. The molecule has 1 unspecified atom stereocenters. The van der Waals surface area contributed by atoms with Gasteiger partial charge in [0.05, 0.1) is 5.54 Å². The summed E-state index contributed by atoms with van der Waals surface area (Å²) in [6.45, 7) is 1.89. The van der Waals surface area contributed by atoms with Crippen molar-refractivity contribution in [1.82, 2.24) is 10.6 Å². The van der Waals surface area contributed by atoms with E-state index < -0.39 is 29.7 Å². The lowest BCUT2D eigenvalue weighted by molar-refractivity contribution is -0.222. The lowest BCUT2D eigenvalue weighted by Crippen LogP contribution is -2.59. The van der Waals surface area contributed by atoms with Crippen LogP contribution < -0.4 is 10.6 Å². The van der Waals surface area contributed by atoms with Gasteiger partial charge in [-0.2, -0.15) is 13.2 Å². The van der Waals surface area contributed by atoms with Crippen LogP contribution in [0.1, 0.15) is 19.4 Å². The first-order valence-electron chi connectivity index (χ1n) is 6.08. The molecule has 0 aliphatic heterocycles. The fourth-order valence-electron chi connectivity index (χ4n) is 1.63. The van der Waals surface area contributed by atoms with E-state index >= 15 is 0 Å². The van der Waals surface area contributed by atoms with Crippen molar-refractivity contribution in [3.05, 3.63) is 35.6 Å². The Morgan fingerprint density at radius 2 is 1.86 bits per heavy atom. The summed E-state index contributed by atoms with van der Waals surface area (Å²) >= 11 is 0. The van der Waals surface area contributed by atoms with Crippen LogP contribution in [-0.4, -0.2) is 29.0 Å². The van der Waals surface area contributed by atoms with Crippen LogP contribution in [0, 0.1) is 5.82 Å². The number of carbonyl (C=O) groups excluding carboxylic acids is 1. The normalized spacial score (nSPS) is 13.7. The molecule has 0 aliphatic rings. The first kappa shape index (κ1) is 17.2. The summed E-state index contributed by atoms with van der Waals surface area (Å²) in [5, 5.41) is 13.4. The number of benzene rings is 1. The van der Waals surface area contributed by atoms with Gasteiger partial charge < -0.3 is 15.7 Å². The second-order valence-corrected chi connectivity index (χ2v) is 5.06. The maximum absolute atomic E-state index is 13.3. The lowest BCUT2D eigenvalue weighted by Gasteiger charge is -2.32. The molecule has 0 aromatic heterocycles. The van der Waals surface area contributed by atoms with Crippen molar-refractivity contribution in [3.63, 3.8) is 0 Å². The van der Waals surface area contributed by atoms with Gasteiger partial charge in [0.1, 0.15) is 5.82 Å². The van der Waals surface area contributed by atoms with Crippen LogP contribution in [-0.2, 0) is 6.54 Å². The molecule has 0 saturated carbocycles. The summed E-state index contributed by atoms with van der Waals surface area (Å²) in [6.07, 6.45) is -7.58. The Balaban J connectivity index is 2.60. The Morgan fingerprint density at radius 1 is 1.29 bits per heavy atom. The minimum absolute atomic E-state index is 0.184. The van der Waals surface area contributed by atoms with E-state index in [-0.39, 0.29) is 12.1 Å². The molecule has 0 radical (unpaired) electrons. The van der Waals surface area contributed by atoms with Crippen LogP contribution in [0.2, 0.25) is 0 Å². The quantitative estimate of drug-likeness (QED) is 0.748. The molecule has 0 heterocycles. The highest BCUT2D eigenvalue weighted by Gasteiger charge is 2.48. The Bertz CT molecular complexity index is 503. The van der Waals surface area contributed by atoms with E-state index in [9.17, 15) is 22.4 Å². The highest BCUT2D eigenvalue weighted by molar-refractivity contribution is 5.74. The van der Waals surface area contributed by atoms with E-state index in [1.807, 2.05) is 5.32 Å². The smallest absolute Gasteiger partial charge is 0.382 e. The van der Waals surface area contributed by atoms with Crippen molar-refractivity contribution in [2.75, 3.05) is 0 Å². The predicted molar refractivity (Wildman–Crippen MR) is 67.9 cm³/mol. The number of alkyl halides is 3. The van der Waals surface area contributed by atoms with Crippen molar-refractivity contribution in [3.8, 4) is 0 Å².